The number of nitrogens with zero attached hydrogens (tertiary/aromatic N) is 1. The smallest absolute Gasteiger partial charge is 0.264 e. The van der Waals surface area contributed by atoms with Gasteiger partial charge in [0, 0.05) is 20.1 Å². The Morgan fingerprint density at radius 2 is 1.57 bits per heavy atom. The summed E-state index contributed by atoms with van der Waals surface area (Å²) < 4.78 is 36.6. The number of hydrogen-bond acceptors (Lipinski definition) is 3. The lowest BCUT2D eigenvalue weighted by atomic mass is 10.2. The Kier molecular flexibility index (Phi) is 5.68. The topological polar surface area (TPSA) is 30.8 Å². The fourth-order valence-electron chi connectivity index (χ4n) is 1.85. The molecule has 0 unspecified atom stereocenters. The molecule has 2 rings (SSSR count). The van der Waals surface area contributed by atoms with Gasteiger partial charge in [0.25, 0.3) is 5.92 Å². The van der Waals surface area contributed by atoms with Crippen LogP contribution in [0.25, 0.3) is 0 Å². The molecule has 0 spiro atoms. The molecule has 5 heteroatoms. The van der Waals surface area contributed by atoms with Gasteiger partial charge in [-0.1, -0.05) is 18.2 Å². The molecule has 0 fully saturated rings. The van der Waals surface area contributed by atoms with Crippen LogP contribution in [0, 0.1) is 0 Å². The predicted molar refractivity (Wildman–Crippen MR) is 86.7 cm³/mol. The van der Waals surface area contributed by atoms with E-state index in [-0.39, 0.29) is 0 Å². The van der Waals surface area contributed by atoms with Crippen LogP contribution >= 0.6 is 0 Å². The fourth-order valence-corrected chi connectivity index (χ4v) is 1.85. The van der Waals surface area contributed by atoms with Gasteiger partial charge >= 0.3 is 0 Å². The Morgan fingerprint density at radius 3 is 2.13 bits per heavy atom. The second kappa shape index (κ2) is 7.72. The maximum atomic E-state index is 12.7. The lowest BCUT2D eigenvalue weighted by Crippen LogP contribution is -2.19. The van der Waals surface area contributed by atoms with E-state index < -0.39 is 18.8 Å². The zero-order valence-electron chi connectivity index (χ0n) is 13.1. The highest BCUT2D eigenvalue weighted by molar-refractivity contribution is 5.79. The maximum absolute atomic E-state index is 12.7. The molecule has 1 atom stereocenters. The number of hydrogen-bond donors (Lipinski definition) is 0. The molecule has 0 aliphatic rings. The van der Waals surface area contributed by atoms with Crippen molar-refractivity contribution >= 4 is 6.21 Å². The Bertz CT molecular complexity index is 622. The van der Waals surface area contributed by atoms with E-state index >= 15 is 0 Å². The number of benzene rings is 2. The summed E-state index contributed by atoms with van der Waals surface area (Å²) in [7, 11) is 0. The highest BCUT2D eigenvalue weighted by Gasteiger charge is 2.19. The summed E-state index contributed by atoms with van der Waals surface area (Å²) in [5, 5.41) is 0. The standard InChI is InChI=1S/C18H19F2NO2/c1-14(22-16-6-4-3-5-7-16)23-17-10-8-15(9-11-17)12-21-13-18(2,19)20/h3-12,14H,13H2,1-2H3/t14-/m1/s1. The van der Waals surface area contributed by atoms with Crippen LogP contribution in [0.1, 0.15) is 19.4 Å². The minimum Gasteiger partial charge on any atom is -0.455 e. The van der Waals surface area contributed by atoms with Crippen LogP contribution in [0.3, 0.4) is 0 Å². The SMILES string of the molecule is C[C@H](Oc1ccccc1)Oc1ccc(C=NCC(C)(F)F)cc1. The number of alkyl halides is 2. The van der Waals surface area contributed by atoms with Crippen molar-refractivity contribution in [3.8, 4) is 11.5 Å². The van der Waals surface area contributed by atoms with E-state index in [1.54, 1.807) is 31.2 Å². The van der Waals surface area contributed by atoms with Crippen molar-refractivity contribution in [3.63, 3.8) is 0 Å². The second-order valence-electron chi connectivity index (χ2n) is 5.23. The van der Waals surface area contributed by atoms with Crippen LogP contribution in [-0.2, 0) is 0 Å². The minimum atomic E-state index is -2.79. The molecule has 0 heterocycles. The van der Waals surface area contributed by atoms with Crippen LogP contribution in [-0.4, -0.2) is 25.0 Å². The zero-order chi connectivity index (χ0) is 16.7. The van der Waals surface area contributed by atoms with Gasteiger partial charge in [-0.2, -0.15) is 0 Å². The average Bonchev–Trinajstić information content (AvgIpc) is 2.49. The molecule has 122 valence electrons. The van der Waals surface area contributed by atoms with E-state index in [1.165, 1.54) is 6.21 Å². The molecule has 0 aromatic heterocycles. The van der Waals surface area contributed by atoms with Crippen LogP contribution < -0.4 is 9.47 Å². The van der Waals surface area contributed by atoms with Crippen LogP contribution in [0.15, 0.2) is 59.6 Å². The first-order chi connectivity index (χ1) is 10.9. The summed E-state index contributed by atoms with van der Waals surface area (Å²) in [4.78, 5) is 3.72. The normalized spacial score (nSPS) is 13.0. The predicted octanol–water partition coefficient (Wildman–Crippen LogP) is 4.56. The van der Waals surface area contributed by atoms with E-state index in [2.05, 4.69) is 4.99 Å². The first-order valence-electron chi connectivity index (χ1n) is 7.28. The summed E-state index contributed by atoms with van der Waals surface area (Å²) in [6.07, 6.45) is 0.973. The third kappa shape index (κ3) is 6.46. The average molecular weight is 319 g/mol. The Hall–Kier alpha value is -2.43. The van der Waals surface area contributed by atoms with Gasteiger partial charge in [-0.25, -0.2) is 8.78 Å². The highest BCUT2D eigenvalue weighted by Crippen LogP contribution is 2.17. The molecule has 0 aliphatic heterocycles. The first-order valence-corrected chi connectivity index (χ1v) is 7.28. The van der Waals surface area contributed by atoms with Crippen molar-refractivity contribution < 1.29 is 18.3 Å². The monoisotopic (exact) mass is 319 g/mol. The lowest BCUT2D eigenvalue weighted by Gasteiger charge is -2.16. The van der Waals surface area contributed by atoms with Crippen LogP contribution in [0.4, 0.5) is 8.78 Å². The van der Waals surface area contributed by atoms with Gasteiger partial charge in [-0.3, -0.25) is 4.99 Å². The molecular formula is C18H19F2NO2. The number of ether oxygens (including phenoxy) is 2. The van der Waals surface area contributed by atoms with Gasteiger partial charge in [0.2, 0.25) is 6.29 Å². The Morgan fingerprint density at radius 1 is 1.00 bits per heavy atom. The molecule has 0 saturated carbocycles. The third-order valence-electron chi connectivity index (χ3n) is 2.84. The molecule has 0 radical (unpaired) electrons. The number of para-hydroxylation sites is 1. The Balaban J connectivity index is 1.87. The quantitative estimate of drug-likeness (QED) is 0.553. The molecule has 0 amide bonds. The van der Waals surface area contributed by atoms with Crippen molar-refractivity contribution in [1.29, 1.82) is 0 Å². The number of rotatable bonds is 7. The van der Waals surface area contributed by atoms with E-state index in [0.717, 1.165) is 18.2 Å². The van der Waals surface area contributed by atoms with Crippen molar-refractivity contribution in [2.24, 2.45) is 4.99 Å². The highest BCUT2D eigenvalue weighted by atomic mass is 19.3. The van der Waals surface area contributed by atoms with Gasteiger partial charge < -0.3 is 9.47 Å². The molecule has 2 aromatic carbocycles. The molecule has 23 heavy (non-hydrogen) atoms. The summed E-state index contributed by atoms with van der Waals surface area (Å²) in [6, 6.07) is 16.4. The summed E-state index contributed by atoms with van der Waals surface area (Å²) in [6.45, 7) is 2.12. The fraction of sp³-hybridized carbons (Fsp3) is 0.278. The molecule has 0 bridgehead atoms. The Labute approximate surface area is 134 Å². The maximum Gasteiger partial charge on any atom is 0.264 e. The summed E-state index contributed by atoms with van der Waals surface area (Å²) >= 11 is 0. The van der Waals surface area contributed by atoms with Gasteiger partial charge in [0.1, 0.15) is 18.0 Å². The van der Waals surface area contributed by atoms with E-state index in [9.17, 15) is 8.78 Å². The van der Waals surface area contributed by atoms with Gasteiger partial charge in [-0.05, 0) is 42.0 Å². The summed E-state index contributed by atoms with van der Waals surface area (Å²) in [5.74, 6) is -1.43. The van der Waals surface area contributed by atoms with E-state index in [4.69, 9.17) is 9.47 Å². The van der Waals surface area contributed by atoms with Crippen molar-refractivity contribution in [2.75, 3.05) is 6.54 Å². The largest absolute Gasteiger partial charge is 0.455 e. The summed E-state index contributed by atoms with van der Waals surface area (Å²) in [5.41, 5.74) is 0.734. The van der Waals surface area contributed by atoms with Gasteiger partial charge in [0.05, 0.1) is 0 Å². The van der Waals surface area contributed by atoms with Crippen molar-refractivity contribution in [2.45, 2.75) is 26.1 Å². The lowest BCUT2D eigenvalue weighted by molar-refractivity contribution is 0.0223. The molecule has 2 aromatic rings. The second-order valence-corrected chi connectivity index (χ2v) is 5.23. The molecular weight excluding hydrogens is 300 g/mol. The van der Waals surface area contributed by atoms with Crippen molar-refractivity contribution in [1.82, 2.24) is 0 Å². The first kappa shape index (κ1) is 16.9. The zero-order valence-corrected chi connectivity index (χ0v) is 13.1. The van der Waals surface area contributed by atoms with E-state index in [1.807, 2.05) is 30.3 Å². The van der Waals surface area contributed by atoms with Crippen LogP contribution in [0.5, 0.6) is 11.5 Å². The van der Waals surface area contributed by atoms with Gasteiger partial charge in [0.15, 0.2) is 0 Å². The molecule has 3 nitrogen and oxygen atoms in total. The number of aliphatic imine (C=N–C) groups is 1. The van der Waals surface area contributed by atoms with Gasteiger partial charge in [-0.15, -0.1) is 0 Å². The molecule has 0 saturated heterocycles. The van der Waals surface area contributed by atoms with Crippen LogP contribution in [0.2, 0.25) is 0 Å². The minimum absolute atomic E-state index is 0.448. The third-order valence-corrected chi connectivity index (χ3v) is 2.84. The molecule has 0 N–H and O–H groups in total. The van der Waals surface area contributed by atoms with E-state index in [0.29, 0.717) is 5.75 Å². The molecule has 0 aliphatic carbocycles. The number of halogens is 2. The van der Waals surface area contributed by atoms with Crippen molar-refractivity contribution in [3.05, 3.63) is 60.2 Å².